The highest BCUT2D eigenvalue weighted by molar-refractivity contribution is 5.15. The Balaban J connectivity index is 1.69. The van der Waals surface area contributed by atoms with Gasteiger partial charge >= 0.3 is 0 Å². The molecule has 1 aliphatic rings. The highest BCUT2D eigenvalue weighted by Gasteiger charge is 2.32. The molecular formula is C20H30N4O. The zero-order chi connectivity index (χ0) is 17.6. The van der Waals surface area contributed by atoms with E-state index in [0.717, 1.165) is 56.9 Å². The van der Waals surface area contributed by atoms with E-state index in [1.165, 1.54) is 5.56 Å². The monoisotopic (exact) mass is 342 g/mol. The molecule has 2 N–H and O–H groups in total. The van der Waals surface area contributed by atoms with Crippen molar-refractivity contribution in [2.24, 2.45) is 5.73 Å². The van der Waals surface area contributed by atoms with Gasteiger partial charge in [-0.05, 0) is 44.6 Å². The van der Waals surface area contributed by atoms with Gasteiger partial charge in [-0.1, -0.05) is 37.3 Å². The molecule has 3 atom stereocenters. The van der Waals surface area contributed by atoms with Gasteiger partial charge in [0.15, 0.2) is 0 Å². The quantitative estimate of drug-likeness (QED) is 0.839. The molecule has 1 saturated carbocycles. The van der Waals surface area contributed by atoms with E-state index < -0.39 is 0 Å². The minimum Gasteiger partial charge on any atom is -0.377 e. The van der Waals surface area contributed by atoms with Crippen LogP contribution < -0.4 is 5.73 Å². The van der Waals surface area contributed by atoms with Gasteiger partial charge in [0, 0.05) is 25.1 Å². The van der Waals surface area contributed by atoms with Gasteiger partial charge in [-0.2, -0.15) is 5.10 Å². The second-order valence-corrected chi connectivity index (χ2v) is 7.06. The van der Waals surface area contributed by atoms with Crippen LogP contribution in [0.4, 0.5) is 0 Å². The SMILES string of the molecule is CCCO[C@H]1C[C@@H](c2nc(C)nn2CCc2ccccc2)CC[C@@H]1N. The zero-order valence-corrected chi connectivity index (χ0v) is 15.4. The number of benzene rings is 1. The molecule has 0 radical (unpaired) electrons. The molecule has 5 heteroatoms. The Morgan fingerprint density at radius 3 is 2.80 bits per heavy atom. The Morgan fingerprint density at radius 1 is 1.24 bits per heavy atom. The number of nitrogens with two attached hydrogens (primary N) is 1. The summed E-state index contributed by atoms with van der Waals surface area (Å²) in [6.07, 6.45) is 5.14. The maximum atomic E-state index is 6.27. The average molecular weight is 342 g/mol. The van der Waals surface area contributed by atoms with Crippen molar-refractivity contribution in [1.82, 2.24) is 14.8 Å². The molecule has 2 aromatic rings. The van der Waals surface area contributed by atoms with Crippen LogP contribution in [-0.2, 0) is 17.7 Å². The number of aryl methyl sites for hydroxylation is 3. The molecule has 1 aromatic heterocycles. The lowest BCUT2D eigenvalue weighted by Gasteiger charge is -2.33. The summed E-state index contributed by atoms with van der Waals surface area (Å²) in [6, 6.07) is 10.7. The number of hydrogen-bond acceptors (Lipinski definition) is 4. The van der Waals surface area contributed by atoms with E-state index in [2.05, 4.69) is 47.0 Å². The molecule has 0 saturated heterocycles. The van der Waals surface area contributed by atoms with E-state index in [1.54, 1.807) is 0 Å². The summed E-state index contributed by atoms with van der Waals surface area (Å²) in [5, 5.41) is 4.64. The predicted molar refractivity (Wildman–Crippen MR) is 99.5 cm³/mol. The van der Waals surface area contributed by atoms with Crippen LogP contribution in [0, 0.1) is 6.92 Å². The lowest BCUT2D eigenvalue weighted by Crippen LogP contribution is -2.42. The molecule has 136 valence electrons. The van der Waals surface area contributed by atoms with E-state index in [0.29, 0.717) is 5.92 Å². The summed E-state index contributed by atoms with van der Waals surface area (Å²) in [7, 11) is 0. The van der Waals surface area contributed by atoms with Gasteiger partial charge in [-0.15, -0.1) is 0 Å². The summed E-state index contributed by atoms with van der Waals surface area (Å²) in [5.41, 5.74) is 7.60. The van der Waals surface area contributed by atoms with Gasteiger partial charge < -0.3 is 10.5 Å². The molecule has 0 amide bonds. The van der Waals surface area contributed by atoms with Gasteiger partial charge in [0.1, 0.15) is 11.6 Å². The standard InChI is InChI=1S/C20H30N4O/c1-3-13-25-19-14-17(9-10-18(19)21)20-22-15(2)23-24(20)12-11-16-7-5-4-6-8-16/h4-8,17-19H,3,9-14,21H2,1-2H3/t17-,18-,19-/m0/s1. The largest absolute Gasteiger partial charge is 0.377 e. The molecule has 0 spiro atoms. The molecule has 0 aliphatic heterocycles. The van der Waals surface area contributed by atoms with Crippen LogP contribution in [0.15, 0.2) is 30.3 Å². The third-order valence-corrected chi connectivity index (χ3v) is 5.01. The van der Waals surface area contributed by atoms with Crippen LogP contribution in [0.3, 0.4) is 0 Å². The van der Waals surface area contributed by atoms with Crippen LogP contribution in [0.1, 0.15) is 55.7 Å². The van der Waals surface area contributed by atoms with Crippen molar-refractivity contribution in [2.75, 3.05) is 6.61 Å². The Bertz CT molecular complexity index is 655. The fraction of sp³-hybridized carbons (Fsp3) is 0.600. The molecule has 3 rings (SSSR count). The zero-order valence-electron chi connectivity index (χ0n) is 15.4. The van der Waals surface area contributed by atoms with Gasteiger partial charge in [0.25, 0.3) is 0 Å². The number of ether oxygens (including phenoxy) is 1. The number of nitrogens with zero attached hydrogens (tertiary/aromatic N) is 3. The van der Waals surface area contributed by atoms with E-state index in [-0.39, 0.29) is 12.1 Å². The first-order chi connectivity index (χ1) is 12.2. The fourth-order valence-electron chi connectivity index (χ4n) is 3.67. The molecule has 0 bridgehead atoms. The summed E-state index contributed by atoms with van der Waals surface area (Å²) < 4.78 is 8.09. The molecule has 0 unspecified atom stereocenters. The maximum absolute atomic E-state index is 6.27. The summed E-state index contributed by atoms with van der Waals surface area (Å²) in [5.74, 6) is 2.34. The second kappa shape index (κ2) is 8.59. The fourth-order valence-corrected chi connectivity index (χ4v) is 3.67. The Kier molecular flexibility index (Phi) is 6.21. The highest BCUT2D eigenvalue weighted by atomic mass is 16.5. The summed E-state index contributed by atoms with van der Waals surface area (Å²) in [6.45, 7) is 5.76. The van der Waals surface area contributed by atoms with E-state index in [4.69, 9.17) is 15.5 Å². The average Bonchev–Trinajstić information content (AvgIpc) is 3.01. The van der Waals surface area contributed by atoms with E-state index >= 15 is 0 Å². The van der Waals surface area contributed by atoms with E-state index in [1.807, 2.05) is 6.92 Å². The maximum Gasteiger partial charge on any atom is 0.147 e. The smallest absolute Gasteiger partial charge is 0.147 e. The van der Waals surface area contributed by atoms with Crippen molar-refractivity contribution in [3.8, 4) is 0 Å². The molecule has 1 aromatic carbocycles. The van der Waals surface area contributed by atoms with Crippen LogP contribution in [0.25, 0.3) is 0 Å². The lowest BCUT2D eigenvalue weighted by molar-refractivity contribution is 0.00861. The summed E-state index contributed by atoms with van der Waals surface area (Å²) in [4.78, 5) is 4.74. The minimum absolute atomic E-state index is 0.137. The van der Waals surface area contributed by atoms with Gasteiger partial charge in [-0.3, -0.25) is 0 Å². The van der Waals surface area contributed by atoms with Crippen molar-refractivity contribution in [2.45, 2.75) is 70.6 Å². The van der Waals surface area contributed by atoms with Crippen molar-refractivity contribution in [3.63, 3.8) is 0 Å². The highest BCUT2D eigenvalue weighted by Crippen LogP contribution is 2.33. The topological polar surface area (TPSA) is 66.0 Å². The van der Waals surface area contributed by atoms with Crippen molar-refractivity contribution in [3.05, 3.63) is 47.5 Å². The first kappa shape index (κ1) is 18.1. The third kappa shape index (κ3) is 4.67. The van der Waals surface area contributed by atoms with Crippen molar-refractivity contribution >= 4 is 0 Å². The normalized spacial score (nSPS) is 23.7. The second-order valence-electron chi connectivity index (χ2n) is 7.06. The summed E-state index contributed by atoms with van der Waals surface area (Å²) >= 11 is 0. The predicted octanol–water partition coefficient (Wildman–Crippen LogP) is 3.22. The van der Waals surface area contributed by atoms with Gasteiger partial charge in [0.2, 0.25) is 0 Å². The first-order valence-corrected chi connectivity index (χ1v) is 9.49. The number of rotatable bonds is 7. The molecule has 1 heterocycles. The molecule has 25 heavy (non-hydrogen) atoms. The van der Waals surface area contributed by atoms with Crippen LogP contribution in [-0.4, -0.2) is 33.5 Å². The number of aromatic nitrogens is 3. The van der Waals surface area contributed by atoms with Crippen LogP contribution in [0.2, 0.25) is 0 Å². The molecule has 5 nitrogen and oxygen atoms in total. The Hall–Kier alpha value is -1.72. The first-order valence-electron chi connectivity index (χ1n) is 9.49. The molecule has 1 fully saturated rings. The van der Waals surface area contributed by atoms with Crippen LogP contribution in [0.5, 0.6) is 0 Å². The van der Waals surface area contributed by atoms with E-state index in [9.17, 15) is 0 Å². The Morgan fingerprint density at radius 2 is 2.04 bits per heavy atom. The van der Waals surface area contributed by atoms with Crippen molar-refractivity contribution < 1.29 is 4.74 Å². The molecule has 1 aliphatic carbocycles. The van der Waals surface area contributed by atoms with Crippen LogP contribution >= 0.6 is 0 Å². The van der Waals surface area contributed by atoms with Gasteiger partial charge in [-0.25, -0.2) is 9.67 Å². The van der Waals surface area contributed by atoms with Gasteiger partial charge in [0.05, 0.1) is 6.10 Å². The number of hydrogen-bond donors (Lipinski definition) is 1. The van der Waals surface area contributed by atoms with Crippen molar-refractivity contribution in [1.29, 1.82) is 0 Å². The lowest BCUT2D eigenvalue weighted by atomic mass is 9.83. The third-order valence-electron chi connectivity index (χ3n) is 5.01. The minimum atomic E-state index is 0.137. The molecular weight excluding hydrogens is 312 g/mol. The Labute approximate surface area is 150 Å².